The topological polar surface area (TPSA) is 34.1 Å². The second-order valence-electron chi connectivity index (χ2n) is 5.40. The molecule has 1 N–H and O–H groups in total. The first-order chi connectivity index (χ1) is 10.7. The third kappa shape index (κ3) is 3.79. The van der Waals surface area contributed by atoms with Gasteiger partial charge in [-0.05, 0) is 49.7 Å². The molecule has 1 atom stereocenters. The van der Waals surface area contributed by atoms with Gasteiger partial charge < -0.3 is 10.1 Å². The Morgan fingerprint density at radius 1 is 1.09 bits per heavy atom. The Morgan fingerprint density at radius 3 is 2.50 bits per heavy atom. The second kappa shape index (κ2) is 7.42. The molecule has 0 radical (unpaired) electrons. The van der Waals surface area contributed by atoms with Crippen molar-refractivity contribution >= 4 is 23.2 Å². The molecule has 116 valence electrons. The molecular weight excluding hydrogens is 319 g/mol. The standard InChI is InChI=1S/C17H18Cl2N2O/c18-13-5-3-12(4-6-13)16(15-2-1-9-21-17(15)19)22-14-7-10-20-11-8-14/h1-6,9,14,16,20H,7-8,10-11H2. The maximum Gasteiger partial charge on any atom is 0.135 e. The summed E-state index contributed by atoms with van der Waals surface area (Å²) in [5.41, 5.74) is 1.93. The minimum absolute atomic E-state index is 0.221. The van der Waals surface area contributed by atoms with Crippen LogP contribution in [0.25, 0.3) is 0 Å². The van der Waals surface area contributed by atoms with Crippen molar-refractivity contribution in [3.8, 4) is 0 Å². The number of hydrogen-bond donors (Lipinski definition) is 1. The third-order valence-electron chi connectivity index (χ3n) is 3.86. The Balaban J connectivity index is 1.91. The number of piperidine rings is 1. The first-order valence-electron chi connectivity index (χ1n) is 7.46. The summed E-state index contributed by atoms with van der Waals surface area (Å²) in [6.45, 7) is 1.97. The monoisotopic (exact) mass is 336 g/mol. The van der Waals surface area contributed by atoms with E-state index in [1.807, 2.05) is 36.4 Å². The van der Waals surface area contributed by atoms with Crippen LogP contribution in [-0.4, -0.2) is 24.2 Å². The number of pyridine rings is 1. The van der Waals surface area contributed by atoms with E-state index in [1.54, 1.807) is 6.20 Å². The number of halogens is 2. The lowest BCUT2D eigenvalue weighted by molar-refractivity contribution is -0.00813. The molecule has 3 rings (SSSR count). The van der Waals surface area contributed by atoms with E-state index in [-0.39, 0.29) is 12.2 Å². The van der Waals surface area contributed by atoms with Crippen LogP contribution in [0.15, 0.2) is 42.6 Å². The zero-order valence-corrected chi connectivity index (χ0v) is 13.6. The molecule has 1 aromatic heterocycles. The molecular formula is C17H18Cl2N2O. The summed E-state index contributed by atoms with van der Waals surface area (Å²) < 4.78 is 6.38. The van der Waals surface area contributed by atoms with Crippen molar-refractivity contribution in [2.45, 2.75) is 25.0 Å². The normalized spacial score (nSPS) is 17.4. The Bertz CT molecular complexity index is 612. The molecule has 1 saturated heterocycles. The zero-order chi connectivity index (χ0) is 15.4. The van der Waals surface area contributed by atoms with Crippen molar-refractivity contribution in [1.29, 1.82) is 0 Å². The molecule has 1 aromatic carbocycles. The summed E-state index contributed by atoms with van der Waals surface area (Å²) in [5, 5.41) is 4.54. The predicted octanol–water partition coefficient (Wildman–Crippen LogP) is 4.25. The van der Waals surface area contributed by atoms with Crippen LogP contribution in [0.3, 0.4) is 0 Å². The highest BCUT2D eigenvalue weighted by Crippen LogP contribution is 2.33. The van der Waals surface area contributed by atoms with E-state index in [9.17, 15) is 0 Å². The van der Waals surface area contributed by atoms with Gasteiger partial charge in [0.1, 0.15) is 11.3 Å². The van der Waals surface area contributed by atoms with Crippen molar-refractivity contribution in [2.24, 2.45) is 0 Å². The van der Waals surface area contributed by atoms with Crippen molar-refractivity contribution in [3.63, 3.8) is 0 Å². The van der Waals surface area contributed by atoms with Crippen LogP contribution in [-0.2, 0) is 4.74 Å². The van der Waals surface area contributed by atoms with Gasteiger partial charge in [-0.3, -0.25) is 0 Å². The number of nitrogens with zero attached hydrogens (tertiary/aromatic N) is 1. The lowest BCUT2D eigenvalue weighted by Gasteiger charge is -2.29. The van der Waals surface area contributed by atoms with Crippen LogP contribution in [0.2, 0.25) is 10.2 Å². The Hall–Kier alpha value is -1.13. The number of nitrogens with one attached hydrogen (secondary N) is 1. The molecule has 0 aliphatic carbocycles. The maximum absolute atomic E-state index is 6.38. The molecule has 1 unspecified atom stereocenters. The molecule has 22 heavy (non-hydrogen) atoms. The first-order valence-corrected chi connectivity index (χ1v) is 8.21. The van der Waals surface area contributed by atoms with Crippen molar-refractivity contribution in [3.05, 3.63) is 63.9 Å². The van der Waals surface area contributed by atoms with Crippen molar-refractivity contribution in [1.82, 2.24) is 10.3 Å². The van der Waals surface area contributed by atoms with Crippen LogP contribution in [0.1, 0.15) is 30.1 Å². The predicted molar refractivity (Wildman–Crippen MR) is 89.5 cm³/mol. The molecule has 1 aliphatic heterocycles. The van der Waals surface area contributed by atoms with Crippen molar-refractivity contribution < 1.29 is 4.74 Å². The average Bonchev–Trinajstić information content (AvgIpc) is 2.55. The van der Waals surface area contributed by atoms with Gasteiger partial charge >= 0.3 is 0 Å². The SMILES string of the molecule is Clc1ccc(C(OC2CCNCC2)c2cccnc2Cl)cc1. The van der Waals surface area contributed by atoms with Crippen LogP contribution < -0.4 is 5.32 Å². The largest absolute Gasteiger partial charge is 0.365 e. The summed E-state index contributed by atoms with van der Waals surface area (Å²) in [4.78, 5) is 4.18. The second-order valence-corrected chi connectivity index (χ2v) is 6.19. The number of ether oxygens (including phenoxy) is 1. The van der Waals surface area contributed by atoms with Gasteiger partial charge in [-0.1, -0.05) is 41.4 Å². The maximum atomic E-state index is 6.38. The fourth-order valence-electron chi connectivity index (χ4n) is 2.69. The summed E-state index contributed by atoms with van der Waals surface area (Å²) in [7, 11) is 0. The third-order valence-corrected chi connectivity index (χ3v) is 4.43. The van der Waals surface area contributed by atoms with Gasteiger partial charge in [0.25, 0.3) is 0 Å². The minimum Gasteiger partial charge on any atom is -0.365 e. The Kier molecular flexibility index (Phi) is 5.32. The van der Waals surface area contributed by atoms with E-state index in [4.69, 9.17) is 27.9 Å². The summed E-state index contributed by atoms with van der Waals surface area (Å²) in [6.07, 6.45) is 3.69. The lowest BCUT2D eigenvalue weighted by atomic mass is 10.0. The average molecular weight is 337 g/mol. The summed E-state index contributed by atoms with van der Waals surface area (Å²) in [5.74, 6) is 0. The van der Waals surface area contributed by atoms with E-state index in [0.29, 0.717) is 10.2 Å². The molecule has 0 saturated carbocycles. The fourth-order valence-corrected chi connectivity index (χ4v) is 3.03. The summed E-state index contributed by atoms with van der Waals surface area (Å²) in [6, 6.07) is 11.6. The fraction of sp³-hybridized carbons (Fsp3) is 0.353. The number of aromatic nitrogens is 1. The van der Waals surface area contributed by atoms with Gasteiger partial charge in [-0.25, -0.2) is 4.98 Å². The van der Waals surface area contributed by atoms with E-state index >= 15 is 0 Å². The summed E-state index contributed by atoms with van der Waals surface area (Å²) >= 11 is 12.3. The molecule has 0 bridgehead atoms. The number of rotatable bonds is 4. The highest BCUT2D eigenvalue weighted by molar-refractivity contribution is 6.30. The Morgan fingerprint density at radius 2 is 1.82 bits per heavy atom. The van der Waals surface area contributed by atoms with Crippen LogP contribution >= 0.6 is 23.2 Å². The van der Waals surface area contributed by atoms with E-state index in [1.165, 1.54) is 0 Å². The van der Waals surface area contributed by atoms with Gasteiger partial charge in [-0.2, -0.15) is 0 Å². The molecule has 0 spiro atoms. The van der Waals surface area contributed by atoms with Crippen LogP contribution in [0.4, 0.5) is 0 Å². The number of hydrogen-bond acceptors (Lipinski definition) is 3. The molecule has 2 aromatic rings. The van der Waals surface area contributed by atoms with E-state index in [2.05, 4.69) is 10.3 Å². The number of benzene rings is 1. The Labute approximate surface area is 140 Å². The van der Waals surface area contributed by atoms with Gasteiger partial charge in [0, 0.05) is 16.8 Å². The smallest absolute Gasteiger partial charge is 0.135 e. The minimum atomic E-state index is -0.221. The molecule has 1 fully saturated rings. The zero-order valence-electron chi connectivity index (χ0n) is 12.1. The molecule has 0 amide bonds. The molecule has 5 heteroatoms. The van der Waals surface area contributed by atoms with Crippen LogP contribution in [0.5, 0.6) is 0 Å². The van der Waals surface area contributed by atoms with Gasteiger partial charge in [-0.15, -0.1) is 0 Å². The van der Waals surface area contributed by atoms with Crippen LogP contribution in [0, 0.1) is 0 Å². The molecule has 2 heterocycles. The van der Waals surface area contributed by atoms with Gasteiger partial charge in [0.2, 0.25) is 0 Å². The first kappa shape index (κ1) is 15.8. The molecule has 3 nitrogen and oxygen atoms in total. The van der Waals surface area contributed by atoms with E-state index in [0.717, 1.165) is 37.1 Å². The molecule has 1 aliphatic rings. The van der Waals surface area contributed by atoms with E-state index < -0.39 is 0 Å². The highest BCUT2D eigenvalue weighted by atomic mass is 35.5. The quantitative estimate of drug-likeness (QED) is 0.847. The highest BCUT2D eigenvalue weighted by Gasteiger charge is 2.24. The van der Waals surface area contributed by atoms with Gasteiger partial charge in [0.15, 0.2) is 0 Å². The van der Waals surface area contributed by atoms with Crippen molar-refractivity contribution in [2.75, 3.05) is 13.1 Å². The van der Waals surface area contributed by atoms with Gasteiger partial charge in [0.05, 0.1) is 6.10 Å². The lowest BCUT2D eigenvalue weighted by Crippen LogP contribution is -2.33.